The molecular formula is C12H22N4O2. The molecule has 0 unspecified atom stereocenters. The third-order valence-electron chi connectivity index (χ3n) is 2.95. The van der Waals surface area contributed by atoms with Gasteiger partial charge in [-0.1, -0.05) is 0 Å². The molecule has 0 spiro atoms. The van der Waals surface area contributed by atoms with E-state index in [0.29, 0.717) is 32.7 Å². The summed E-state index contributed by atoms with van der Waals surface area (Å²) in [4.78, 5) is 13.4. The minimum Gasteiger partial charge on any atom is -0.403 e. The lowest BCUT2D eigenvalue weighted by molar-refractivity contribution is -0.130. The number of amides is 1. The highest BCUT2D eigenvalue weighted by Crippen LogP contribution is 2.09. The van der Waals surface area contributed by atoms with Gasteiger partial charge in [-0.2, -0.15) is 5.10 Å². The molecule has 1 rings (SSSR count). The number of hydrogen-bond donors (Lipinski definition) is 1. The van der Waals surface area contributed by atoms with Crippen LogP contribution in [0.5, 0.6) is 0 Å². The van der Waals surface area contributed by atoms with Gasteiger partial charge < -0.3 is 15.4 Å². The van der Waals surface area contributed by atoms with E-state index in [9.17, 15) is 4.79 Å². The summed E-state index contributed by atoms with van der Waals surface area (Å²) in [5.41, 5.74) is 6.37. The van der Waals surface area contributed by atoms with Crippen molar-refractivity contribution < 1.29 is 9.53 Å². The van der Waals surface area contributed by atoms with Gasteiger partial charge in [-0.15, -0.1) is 0 Å². The van der Waals surface area contributed by atoms with E-state index < -0.39 is 0 Å². The average molecular weight is 254 g/mol. The van der Waals surface area contributed by atoms with E-state index >= 15 is 0 Å². The van der Waals surface area contributed by atoms with Gasteiger partial charge in [-0.3, -0.25) is 9.80 Å². The van der Waals surface area contributed by atoms with Gasteiger partial charge in [-0.25, -0.2) is 0 Å². The van der Waals surface area contributed by atoms with Crippen LogP contribution in [0.25, 0.3) is 0 Å². The molecule has 0 atom stereocenters. The maximum Gasteiger partial charge on any atom is 0.222 e. The molecule has 0 bridgehead atoms. The highest BCUT2D eigenvalue weighted by atomic mass is 16.5. The number of carbonyl (C=O) groups is 1. The van der Waals surface area contributed by atoms with Crippen molar-refractivity contribution >= 4 is 12.6 Å². The highest BCUT2D eigenvalue weighted by molar-refractivity contribution is 5.75. The van der Waals surface area contributed by atoms with E-state index in [4.69, 9.17) is 10.5 Å². The summed E-state index contributed by atoms with van der Waals surface area (Å²) in [5.74, 6) is 0.159. The molecule has 1 heterocycles. The van der Waals surface area contributed by atoms with E-state index in [1.54, 1.807) is 17.0 Å². The van der Waals surface area contributed by atoms with Crippen LogP contribution in [-0.4, -0.2) is 55.9 Å². The standard InChI is InChI=1S/C12H22N4O2/c1-14-16-6-4-3-5-12(17)15(2)7-8-18-10-11(16)9-13/h9H,1,3-8,10,13H2,2H3/b11-9-. The molecule has 6 nitrogen and oxygen atoms in total. The summed E-state index contributed by atoms with van der Waals surface area (Å²) in [6.07, 6.45) is 3.77. The second-order valence-electron chi connectivity index (χ2n) is 4.25. The molecule has 0 aliphatic carbocycles. The summed E-state index contributed by atoms with van der Waals surface area (Å²) in [6.45, 7) is 5.70. The van der Waals surface area contributed by atoms with Gasteiger partial charge in [-0.05, 0) is 12.8 Å². The number of likely N-dealkylation sites (N-methyl/N-ethyl adjacent to an activating group) is 1. The molecule has 0 radical (unpaired) electrons. The number of hydrazone groups is 1. The first kappa shape index (κ1) is 14.5. The highest BCUT2D eigenvalue weighted by Gasteiger charge is 2.12. The summed E-state index contributed by atoms with van der Waals surface area (Å²) in [7, 11) is 1.80. The van der Waals surface area contributed by atoms with Gasteiger partial charge in [0.05, 0.1) is 18.9 Å². The Morgan fingerprint density at radius 2 is 2.22 bits per heavy atom. The molecule has 1 saturated heterocycles. The minimum atomic E-state index is 0.159. The fourth-order valence-electron chi connectivity index (χ4n) is 1.75. The quantitative estimate of drug-likeness (QED) is 0.686. The zero-order valence-electron chi connectivity index (χ0n) is 11.0. The maximum absolute atomic E-state index is 11.7. The van der Waals surface area contributed by atoms with Crippen molar-refractivity contribution in [2.24, 2.45) is 10.8 Å². The lowest BCUT2D eigenvalue weighted by atomic mass is 10.2. The fourth-order valence-corrected chi connectivity index (χ4v) is 1.75. The van der Waals surface area contributed by atoms with E-state index in [0.717, 1.165) is 18.5 Å². The Bertz CT molecular complexity index is 317. The Balaban J connectivity index is 2.61. The van der Waals surface area contributed by atoms with E-state index in [1.807, 2.05) is 0 Å². The molecule has 1 amide bonds. The first-order valence-corrected chi connectivity index (χ1v) is 6.15. The summed E-state index contributed by atoms with van der Waals surface area (Å²) >= 11 is 0. The Hall–Kier alpha value is -1.56. The van der Waals surface area contributed by atoms with Crippen LogP contribution in [0, 0.1) is 0 Å². The summed E-state index contributed by atoms with van der Waals surface area (Å²) in [5, 5.41) is 5.65. The van der Waals surface area contributed by atoms with Crippen LogP contribution in [0.1, 0.15) is 19.3 Å². The number of nitrogens with zero attached hydrogens (tertiary/aromatic N) is 3. The van der Waals surface area contributed by atoms with E-state index in [-0.39, 0.29) is 5.91 Å². The first-order valence-electron chi connectivity index (χ1n) is 6.15. The number of nitrogens with two attached hydrogens (primary N) is 1. The Morgan fingerprint density at radius 1 is 1.44 bits per heavy atom. The van der Waals surface area contributed by atoms with Crippen molar-refractivity contribution in [3.05, 3.63) is 11.9 Å². The van der Waals surface area contributed by atoms with E-state index in [2.05, 4.69) is 11.8 Å². The molecule has 6 heteroatoms. The van der Waals surface area contributed by atoms with Crippen LogP contribution in [0.3, 0.4) is 0 Å². The van der Waals surface area contributed by atoms with Crippen LogP contribution >= 0.6 is 0 Å². The zero-order valence-corrected chi connectivity index (χ0v) is 11.0. The molecule has 0 aromatic carbocycles. The Morgan fingerprint density at radius 3 is 2.89 bits per heavy atom. The molecule has 102 valence electrons. The van der Waals surface area contributed by atoms with Gasteiger partial charge >= 0.3 is 0 Å². The summed E-state index contributed by atoms with van der Waals surface area (Å²) < 4.78 is 5.49. The molecule has 0 aromatic heterocycles. The van der Waals surface area contributed by atoms with Crippen LogP contribution in [0.4, 0.5) is 0 Å². The second-order valence-corrected chi connectivity index (χ2v) is 4.25. The van der Waals surface area contributed by atoms with Crippen molar-refractivity contribution in [1.82, 2.24) is 9.91 Å². The van der Waals surface area contributed by atoms with Crippen molar-refractivity contribution in [3.8, 4) is 0 Å². The fraction of sp³-hybridized carbons (Fsp3) is 0.667. The van der Waals surface area contributed by atoms with Crippen LogP contribution in [0.2, 0.25) is 0 Å². The van der Waals surface area contributed by atoms with Gasteiger partial charge in [0.15, 0.2) is 0 Å². The summed E-state index contributed by atoms with van der Waals surface area (Å²) in [6, 6.07) is 0. The third-order valence-corrected chi connectivity index (χ3v) is 2.95. The van der Waals surface area contributed by atoms with Crippen molar-refractivity contribution in [1.29, 1.82) is 0 Å². The van der Waals surface area contributed by atoms with Crippen LogP contribution in [-0.2, 0) is 9.53 Å². The lowest BCUT2D eigenvalue weighted by Crippen LogP contribution is -2.31. The van der Waals surface area contributed by atoms with Gasteiger partial charge in [0, 0.05) is 39.5 Å². The van der Waals surface area contributed by atoms with Crippen LogP contribution in [0.15, 0.2) is 17.0 Å². The molecule has 0 aromatic rings. The number of carbonyl (C=O) groups excluding carboxylic acids is 1. The molecule has 0 saturated carbocycles. The minimum absolute atomic E-state index is 0.159. The zero-order chi connectivity index (χ0) is 13.4. The topological polar surface area (TPSA) is 71.2 Å². The molecular weight excluding hydrogens is 232 g/mol. The first-order chi connectivity index (χ1) is 8.69. The molecule has 1 aliphatic rings. The second kappa shape index (κ2) is 7.71. The normalized spacial score (nSPS) is 22.5. The van der Waals surface area contributed by atoms with Gasteiger partial charge in [0.2, 0.25) is 5.91 Å². The predicted octanol–water partition coefficient (Wildman–Crippen LogP) is 0.363. The van der Waals surface area contributed by atoms with Crippen LogP contribution < -0.4 is 5.73 Å². The number of rotatable bonds is 1. The predicted molar refractivity (Wildman–Crippen MR) is 70.8 cm³/mol. The number of hydrogen-bond acceptors (Lipinski definition) is 5. The molecule has 1 aliphatic heterocycles. The maximum atomic E-state index is 11.7. The third kappa shape index (κ3) is 4.37. The van der Waals surface area contributed by atoms with Gasteiger partial charge in [0.1, 0.15) is 0 Å². The Kier molecular flexibility index (Phi) is 6.21. The smallest absolute Gasteiger partial charge is 0.222 e. The van der Waals surface area contributed by atoms with Crippen molar-refractivity contribution in [2.75, 3.05) is 33.4 Å². The van der Waals surface area contributed by atoms with Crippen molar-refractivity contribution in [3.63, 3.8) is 0 Å². The van der Waals surface area contributed by atoms with Crippen molar-refractivity contribution in [2.45, 2.75) is 19.3 Å². The monoisotopic (exact) mass is 254 g/mol. The molecule has 2 N–H and O–H groups in total. The lowest BCUT2D eigenvalue weighted by Gasteiger charge is -2.24. The average Bonchev–Trinajstić information content (AvgIpc) is 2.38. The SMILES string of the molecule is C=NN1CCCCC(=O)N(C)CCOC/C1=C/N. The van der Waals surface area contributed by atoms with E-state index in [1.165, 1.54) is 6.20 Å². The number of ether oxygens (including phenoxy) is 1. The Labute approximate surface area is 108 Å². The van der Waals surface area contributed by atoms with Gasteiger partial charge in [0.25, 0.3) is 0 Å². The largest absolute Gasteiger partial charge is 0.403 e. The molecule has 1 fully saturated rings. The molecule has 18 heavy (non-hydrogen) atoms.